The van der Waals surface area contributed by atoms with Gasteiger partial charge in [-0.25, -0.2) is 4.39 Å². The highest BCUT2D eigenvalue weighted by molar-refractivity contribution is 6.31. The number of hydrogen-bond acceptors (Lipinski definition) is 3. The van der Waals surface area contributed by atoms with Gasteiger partial charge in [0.05, 0.1) is 16.0 Å². The van der Waals surface area contributed by atoms with Crippen LogP contribution in [0, 0.1) is 15.9 Å². The van der Waals surface area contributed by atoms with Crippen LogP contribution < -0.4 is 5.32 Å². The summed E-state index contributed by atoms with van der Waals surface area (Å²) in [5.74, 6) is -0.799. The summed E-state index contributed by atoms with van der Waals surface area (Å²) in [7, 11) is 0. The first-order chi connectivity index (χ1) is 9.58. The van der Waals surface area contributed by atoms with Crippen molar-refractivity contribution in [3.63, 3.8) is 0 Å². The highest BCUT2D eigenvalue weighted by Crippen LogP contribution is 2.30. The number of nitro benzene ring substituents is 1. The lowest BCUT2D eigenvalue weighted by Gasteiger charge is -2.08. The second kappa shape index (κ2) is 6.34. The molecule has 0 aromatic heterocycles. The number of anilines is 1. The van der Waals surface area contributed by atoms with E-state index in [9.17, 15) is 14.5 Å². The molecule has 1 N–H and O–H groups in total. The van der Waals surface area contributed by atoms with Gasteiger partial charge in [-0.1, -0.05) is 41.9 Å². The van der Waals surface area contributed by atoms with Gasteiger partial charge in [0, 0.05) is 6.54 Å². The van der Waals surface area contributed by atoms with E-state index in [-0.39, 0.29) is 16.4 Å². The Kier molecular flexibility index (Phi) is 4.53. The van der Waals surface area contributed by atoms with Gasteiger partial charge in [0.15, 0.2) is 0 Å². The molecule has 0 spiro atoms. The first-order valence-corrected chi connectivity index (χ1v) is 6.37. The van der Waals surface area contributed by atoms with Crippen LogP contribution in [0.5, 0.6) is 0 Å². The lowest BCUT2D eigenvalue weighted by molar-refractivity contribution is -0.384. The predicted molar refractivity (Wildman–Crippen MR) is 76.7 cm³/mol. The van der Waals surface area contributed by atoms with Crippen LogP contribution in [0.4, 0.5) is 15.8 Å². The minimum absolute atomic E-state index is 0.141. The fourth-order valence-corrected chi connectivity index (χ4v) is 1.98. The van der Waals surface area contributed by atoms with E-state index in [0.717, 1.165) is 11.6 Å². The van der Waals surface area contributed by atoms with Crippen LogP contribution in [-0.4, -0.2) is 11.5 Å². The molecule has 0 radical (unpaired) electrons. The summed E-state index contributed by atoms with van der Waals surface area (Å²) in [4.78, 5) is 10.2. The molecule has 0 heterocycles. The largest absolute Gasteiger partial charge is 0.379 e. The third kappa shape index (κ3) is 3.45. The number of benzene rings is 2. The number of nitrogens with one attached hydrogen (secondary N) is 1. The summed E-state index contributed by atoms with van der Waals surface area (Å²) in [6.45, 7) is 0.493. The molecule has 0 aliphatic rings. The Morgan fingerprint density at radius 1 is 1.25 bits per heavy atom. The maximum Gasteiger partial charge on any atom is 0.295 e. The summed E-state index contributed by atoms with van der Waals surface area (Å²) in [6, 6.07) is 11.8. The lowest BCUT2D eigenvalue weighted by Crippen LogP contribution is -2.07. The first kappa shape index (κ1) is 14.3. The molecular weight excluding hydrogens is 283 g/mol. The number of rotatable bonds is 5. The van der Waals surface area contributed by atoms with Crippen molar-refractivity contribution in [3.8, 4) is 0 Å². The Hall–Kier alpha value is -2.14. The molecule has 2 rings (SSSR count). The third-order valence-corrected chi connectivity index (χ3v) is 3.10. The van der Waals surface area contributed by atoms with Gasteiger partial charge in [-0.15, -0.1) is 0 Å². The Morgan fingerprint density at radius 2 is 1.95 bits per heavy atom. The maximum absolute atomic E-state index is 13.2. The van der Waals surface area contributed by atoms with Gasteiger partial charge in [0.2, 0.25) is 0 Å². The van der Waals surface area contributed by atoms with Crippen LogP contribution in [0.15, 0.2) is 42.5 Å². The molecule has 0 saturated heterocycles. The fourth-order valence-electron chi connectivity index (χ4n) is 1.82. The number of nitrogens with zero attached hydrogens (tertiary/aromatic N) is 1. The minimum atomic E-state index is -0.799. The van der Waals surface area contributed by atoms with E-state index in [1.165, 1.54) is 6.07 Å². The van der Waals surface area contributed by atoms with Gasteiger partial charge < -0.3 is 5.32 Å². The Labute approximate surface area is 120 Å². The van der Waals surface area contributed by atoms with Crippen molar-refractivity contribution < 1.29 is 9.31 Å². The fraction of sp³-hybridized carbons (Fsp3) is 0.143. The molecule has 0 fully saturated rings. The topological polar surface area (TPSA) is 55.2 Å². The van der Waals surface area contributed by atoms with Gasteiger partial charge in [0.25, 0.3) is 5.69 Å². The van der Waals surface area contributed by atoms with E-state index in [2.05, 4.69) is 5.32 Å². The van der Waals surface area contributed by atoms with Gasteiger partial charge in [0.1, 0.15) is 11.5 Å². The minimum Gasteiger partial charge on any atom is -0.379 e. The summed E-state index contributed by atoms with van der Waals surface area (Å²) >= 11 is 5.65. The SMILES string of the molecule is O=[N+]([O-])c1cc(F)c(Cl)cc1NCCc1ccccc1. The van der Waals surface area contributed by atoms with Crippen LogP contribution in [0.25, 0.3) is 0 Å². The standard InChI is InChI=1S/C14H12ClFN2O2/c15-11-8-13(14(18(19)20)9-12(11)16)17-7-6-10-4-2-1-3-5-10/h1-5,8-9,17H,6-7H2. The zero-order chi connectivity index (χ0) is 14.5. The van der Waals surface area contributed by atoms with E-state index >= 15 is 0 Å². The molecule has 2 aromatic carbocycles. The highest BCUT2D eigenvalue weighted by atomic mass is 35.5. The molecule has 6 heteroatoms. The summed E-state index contributed by atoms with van der Waals surface area (Å²) in [5.41, 5.74) is 1.01. The average molecular weight is 295 g/mol. The first-order valence-electron chi connectivity index (χ1n) is 5.99. The second-order valence-electron chi connectivity index (χ2n) is 4.20. The molecule has 104 valence electrons. The van der Waals surface area contributed by atoms with Gasteiger partial charge in [-0.2, -0.15) is 0 Å². The molecule has 0 aliphatic heterocycles. The molecule has 0 atom stereocenters. The second-order valence-corrected chi connectivity index (χ2v) is 4.61. The predicted octanol–water partition coefficient (Wildman–Crippen LogP) is 4.04. The number of halogens is 2. The van der Waals surface area contributed by atoms with Crippen molar-refractivity contribution in [2.45, 2.75) is 6.42 Å². The van der Waals surface area contributed by atoms with Crippen molar-refractivity contribution in [2.24, 2.45) is 0 Å². The molecule has 4 nitrogen and oxygen atoms in total. The molecular formula is C14H12ClFN2O2. The van der Waals surface area contributed by atoms with Gasteiger partial charge in [-0.3, -0.25) is 10.1 Å². The van der Waals surface area contributed by atoms with Crippen LogP contribution in [0.3, 0.4) is 0 Å². The monoisotopic (exact) mass is 294 g/mol. The van der Waals surface area contributed by atoms with E-state index < -0.39 is 10.7 Å². The van der Waals surface area contributed by atoms with Crippen molar-refractivity contribution in [2.75, 3.05) is 11.9 Å². The molecule has 0 unspecified atom stereocenters. The molecule has 2 aromatic rings. The Bertz CT molecular complexity index is 620. The van der Waals surface area contributed by atoms with E-state index in [0.29, 0.717) is 13.0 Å². The molecule has 20 heavy (non-hydrogen) atoms. The third-order valence-electron chi connectivity index (χ3n) is 2.81. The van der Waals surface area contributed by atoms with Crippen LogP contribution in [0.1, 0.15) is 5.56 Å². The van der Waals surface area contributed by atoms with E-state index in [1.54, 1.807) is 0 Å². The smallest absolute Gasteiger partial charge is 0.295 e. The zero-order valence-electron chi connectivity index (χ0n) is 10.5. The molecule has 0 bridgehead atoms. The van der Waals surface area contributed by atoms with Crippen molar-refractivity contribution in [1.82, 2.24) is 0 Å². The molecule has 0 amide bonds. The Balaban J connectivity index is 2.09. The maximum atomic E-state index is 13.2. The van der Waals surface area contributed by atoms with Gasteiger partial charge >= 0.3 is 0 Å². The van der Waals surface area contributed by atoms with Crippen molar-refractivity contribution in [1.29, 1.82) is 0 Å². The normalized spacial score (nSPS) is 10.3. The zero-order valence-corrected chi connectivity index (χ0v) is 11.2. The molecule has 0 saturated carbocycles. The Morgan fingerprint density at radius 3 is 2.60 bits per heavy atom. The quantitative estimate of drug-likeness (QED) is 0.669. The summed E-state index contributed by atoms with van der Waals surface area (Å²) in [6.07, 6.45) is 0.701. The van der Waals surface area contributed by atoms with Crippen LogP contribution >= 0.6 is 11.6 Å². The average Bonchev–Trinajstić information content (AvgIpc) is 2.43. The molecule has 0 aliphatic carbocycles. The van der Waals surface area contributed by atoms with Crippen molar-refractivity contribution in [3.05, 3.63) is 69.0 Å². The summed E-state index contributed by atoms with van der Waals surface area (Å²) in [5, 5.41) is 13.7. The summed E-state index contributed by atoms with van der Waals surface area (Å²) < 4.78 is 13.2. The lowest BCUT2D eigenvalue weighted by atomic mass is 10.1. The van der Waals surface area contributed by atoms with Crippen LogP contribution in [0.2, 0.25) is 5.02 Å². The van der Waals surface area contributed by atoms with Gasteiger partial charge in [-0.05, 0) is 18.1 Å². The highest BCUT2D eigenvalue weighted by Gasteiger charge is 2.17. The number of nitro groups is 1. The van der Waals surface area contributed by atoms with Crippen molar-refractivity contribution >= 4 is 23.0 Å². The van der Waals surface area contributed by atoms with E-state index in [4.69, 9.17) is 11.6 Å². The van der Waals surface area contributed by atoms with E-state index in [1.807, 2.05) is 30.3 Å². The number of hydrogen-bond donors (Lipinski definition) is 1. The van der Waals surface area contributed by atoms with Crippen LogP contribution in [-0.2, 0) is 6.42 Å².